The molecule has 0 amide bonds. The Hall–Kier alpha value is -3.44. The van der Waals surface area contributed by atoms with E-state index in [9.17, 15) is 4.79 Å². The monoisotopic (exact) mass is 407 g/mol. The molecule has 0 aliphatic heterocycles. The van der Waals surface area contributed by atoms with E-state index in [1.165, 1.54) is 17.7 Å². The summed E-state index contributed by atoms with van der Waals surface area (Å²) < 4.78 is 13.2. The molecule has 0 unspecified atom stereocenters. The van der Waals surface area contributed by atoms with Crippen LogP contribution in [-0.2, 0) is 6.54 Å². The van der Waals surface area contributed by atoms with Crippen LogP contribution >= 0.6 is 11.6 Å². The highest BCUT2D eigenvalue weighted by Gasteiger charge is 2.10. The van der Waals surface area contributed by atoms with Gasteiger partial charge < -0.3 is 19.1 Å². The minimum absolute atomic E-state index is 0.119. The van der Waals surface area contributed by atoms with Crippen LogP contribution in [0.2, 0.25) is 5.02 Å². The van der Waals surface area contributed by atoms with E-state index in [0.29, 0.717) is 11.5 Å². The first-order valence-corrected chi connectivity index (χ1v) is 9.34. The third kappa shape index (κ3) is 4.05. The maximum Gasteiger partial charge on any atom is 0.335 e. The van der Waals surface area contributed by atoms with Gasteiger partial charge in [0.25, 0.3) is 0 Å². The number of aromatic nitrogens is 1. The predicted molar refractivity (Wildman–Crippen MR) is 113 cm³/mol. The summed E-state index contributed by atoms with van der Waals surface area (Å²) in [7, 11) is 1.65. The summed E-state index contributed by atoms with van der Waals surface area (Å²) in [6.45, 7) is 0.746. The number of aromatic carboxylic acids is 1. The number of carbonyl (C=O) groups is 1. The molecule has 0 spiro atoms. The molecule has 3 aromatic carbocycles. The molecule has 0 aliphatic rings. The van der Waals surface area contributed by atoms with Crippen molar-refractivity contribution in [3.8, 4) is 17.2 Å². The molecule has 0 fully saturated rings. The van der Waals surface area contributed by atoms with Crippen molar-refractivity contribution >= 4 is 28.5 Å². The molecule has 0 aliphatic carbocycles. The van der Waals surface area contributed by atoms with Gasteiger partial charge in [-0.15, -0.1) is 0 Å². The number of nitrogens with zero attached hydrogens (tertiary/aromatic N) is 1. The highest BCUT2D eigenvalue weighted by atomic mass is 35.5. The van der Waals surface area contributed by atoms with Crippen molar-refractivity contribution in [1.82, 2.24) is 4.57 Å². The maximum absolute atomic E-state index is 11.0. The van der Waals surface area contributed by atoms with E-state index in [0.717, 1.165) is 23.2 Å². The number of halogens is 1. The molecule has 1 heterocycles. The SMILES string of the molecule is COc1ccc(Cn2ccc3cc(Oc4ccc(C(=O)O)cc4Cl)ccc32)cc1. The van der Waals surface area contributed by atoms with E-state index in [2.05, 4.69) is 4.57 Å². The fourth-order valence-corrected chi connectivity index (χ4v) is 3.37. The van der Waals surface area contributed by atoms with Crippen molar-refractivity contribution in [2.45, 2.75) is 6.54 Å². The molecule has 6 heteroatoms. The first-order chi connectivity index (χ1) is 14.0. The largest absolute Gasteiger partial charge is 0.497 e. The number of hydrogen-bond acceptors (Lipinski definition) is 3. The standard InChI is InChI=1S/C23H18ClNO4/c1-28-18-5-2-15(3-6-18)14-25-11-10-16-12-19(7-8-21(16)25)29-22-9-4-17(23(26)27)13-20(22)24/h2-13H,14H2,1H3,(H,26,27). The average Bonchev–Trinajstić information content (AvgIpc) is 3.12. The van der Waals surface area contributed by atoms with Gasteiger partial charge in [-0.1, -0.05) is 23.7 Å². The summed E-state index contributed by atoms with van der Waals surface area (Å²) in [5, 5.41) is 10.3. The lowest BCUT2D eigenvalue weighted by molar-refractivity contribution is 0.0697. The van der Waals surface area contributed by atoms with Gasteiger partial charge in [0.2, 0.25) is 0 Å². The maximum atomic E-state index is 11.0. The zero-order valence-electron chi connectivity index (χ0n) is 15.6. The zero-order chi connectivity index (χ0) is 20.4. The van der Waals surface area contributed by atoms with Gasteiger partial charge in [-0.2, -0.15) is 0 Å². The number of benzene rings is 3. The van der Waals surface area contributed by atoms with Crippen LogP contribution in [-0.4, -0.2) is 22.8 Å². The van der Waals surface area contributed by atoms with E-state index >= 15 is 0 Å². The van der Waals surface area contributed by atoms with Gasteiger partial charge in [0.15, 0.2) is 0 Å². The summed E-state index contributed by atoms with van der Waals surface area (Å²) in [4.78, 5) is 11.0. The number of methoxy groups -OCH3 is 1. The Morgan fingerprint density at radius 2 is 1.76 bits per heavy atom. The van der Waals surface area contributed by atoms with Crippen molar-refractivity contribution in [1.29, 1.82) is 0 Å². The summed E-state index contributed by atoms with van der Waals surface area (Å²) in [5.74, 6) is 0.847. The molecule has 0 saturated heterocycles. The fourth-order valence-electron chi connectivity index (χ4n) is 3.15. The van der Waals surface area contributed by atoms with Gasteiger partial charge in [0.1, 0.15) is 17.2 Å². The summed E-state index contributed by atoms with van der Waals surface area (Å²) in [6.07, 6.45) is 2.04. The number of ether oxygens (including phenoxy) is 2. The third-order valence-corrected chi connectivity index (χ3v) is 4.96. The molecule has 5 nitrogen and oxygen atoms in total. The molecule has 0 saturated carbocycles. The smallest absolute Gasteiger partial charge is 0.335 e. The Kier molecular flexibility index (Phi) is 5.14. The molecule has 4 rings (SSSR count). The second kappa shape index (κ2) is 7.89. The number of fused-ring (bicyclic) bond motifs is 1. The normalized spacial score (nSPS) is 10.8. The summed E-state index contributed by atoms with van der Waals surface area (Å²) >= 11 is 6.16. The van der Waals surface area contributed by atoms with E-state index in [1.54, 1.807) is 13.2 Å². The van der Waals surface area contributed by atoms with Gasteiger partial charge in [0, 0.05) is 23.6 Å². The topological polar surface area (TPSA) is 60.7 Å². The molecular weight excluding hydrogens is 390 g/mol. The minimum atomic E-state index is -1.03. The van der Waals surface area contributed by atoms with Crippen LogP contribution in [0.1, 0.15) is 15.9 Å². The van der Waals surface area contributed by atoms with Crippen molar-refractivity contribution in [3.05, 3.63) is 89.1 Å². The van der Waals surface area contributed by atoms with E-state index in [-0.39, 0.29) is 10.6 Å². The lowest BCUT2D eigenvalue weighted by atomic mass is 10.2. The highest BCUT2D eigenvalue weighted by Crippen LogP contribution is 2.32. The Labute approximate surface area is 172 Å². The molecule has 1 aromatic heterocycles. The molecule has 1 N–H and O–H groups in total. The van der Waals surface area contributed by atoms with Gasteiger partial charge in [-0.25, -0.2) is 4.79 Å². The Morgan fingerprint density at radius 3 is 2.45 bits per heavy atom. The first-order valence-electron chi connectivity index (χ1n) is 8.96. The molecule has 146 valence electrons. The van der Waals surface area contributed by atoms with Crippen LogP contribution in [0.3, 0.4) is 0 Å². The Morgan fingerprint density at radius 1 is 1.00 bits per heavy atom. The molecule has 4 aromatic rings. The second-order valence-corrected chi connectivity index (χ2v) is 6.97. The number of rotatable bonds is 6. The number of carboxylic acid groups (broad SMARTS) is 1. The lowest BCUT2D eigenvalue weighted by Gasteiger charge is -2.10. The van der Waals surface area contributed by atoms with Crippen molar-refractivity contribution in [3.63, 3.8) is 0 Å². The van der Waals surface area contributed by atoms with Crippen molar-refractivity contribution in [2.24, 2.45) is 0 Å². The van der Waals surface area contributed by atoms with Gasteiger partial charge in [-0.3, -0.25) is 0 Å². The zero-order valence-corrected chi connectivity index (χ0v) is 16.4. The third-order valence-electron chi connectivity index (χ3n) is 4.66. The van der Waals surface area contributed by atoms with Crippen LogP contribution in [0.25, 0.3) is 10.9 Å². The predicted octanol–water partition coefficient (Wildman–Crippen LogP) is 5.84. The number of hydrogen-bond donors (Lipinski definition) is 1. The molecular formula is C23H18ClNO4. The minimum Gasteiger partial charge on any atom is -0.497 e. The summed E-state index contributed by atoms with van der Waals surface area (Å²) in [5.41, 5.74) is 2.38. The van der Waals surface area contributed by atoms with Gasteiger partial charge in [0.05, 0.1) is 17.7 Å². The van der Waals surface area contributed by atoms with E-state index in [4.69, 9.17) is 26.2 Å². The number of carboxylic acids is 1. The summed E-state index contributed by atoms with van der Waals surface area (Å²) in [6, 6.07) is 20.2. The van der Waals surface area contributed by atoms with Crippen LogP contribution < -0.4 is 9.47 Å². The molecule has 29 heavy (non-hydrogen) atoms. The van der Waals surface area contributed by atoms with Crippen LogP contribution in [0.5, 0.6) is 17.2 Å². The Bertz CT molecular complexity index is 1180. The van der Waals surface area contributed by atoms with Crippen molar-refractivity contribution < 1.29 is 19.4 Å². The fraction of sp³-hybridized carbons (Fsp3) is 0.0870. The van der Waals surface area contributed by atoms with Crippen molar-refractivity contribution in [2.75, 3.05) is 7.11 Å². The molecule has 0 bridgehead atoms. The van der Waals surface area contributed by atoms with Crippen LogP contribution in [0.15, 0.2) is 72.9 Å². The lowest BCUT2D eigenvalue weighted by Crippen LogP contribution is -1.98. The van der Waals surface area contributed by atoms with Crippen LogP contribution in [0, 0.1) is 0 Å². The molecule has 0 radical (unpaired) electrons. The van der Waals surface area contributed by atoms with Crippen LogP contribution in [0.4, 0.5) is 0 Å². The Balaban J connectivity index is 1.55. The first kappa shape index (κ1) is 18.9. The second-order valence-electron chi connectivity index (χ2n) is 6.56. The molecule has 0 atom stereocenters. The highest BCUT2D eigenvalue weighted by molar-refractivity contribution is 6.32. The van der Waals surface area contributed by atoms with E-state index < -0.39 is 5.97 Å². The van der Waals surface area contributed by atoms with Gasteiger partial charge in [-0.05, 0) is 60.2 Å². The average molecular weight is 408 g/mol. The quantitative estimate of drug-likeness (QED) is 0.436. The van der Waals surface area contributed by atoms with Gasteiger partial charge >= 0.3 is 5.97 Å². The van der Waals surface area contributed by atoms with E-state index in [1.807, 2.05) is 54.7 Å².